The normalized spacial score (nSPS) is 10.1. The second kappa shape index (κ2) is 5.88. The van der Waals surface area contributed by atoms with Gasteiger partial charge in [-0.25, -0.2) is 9.97 Å². The van der Waals surface area contributed by atoms with Gasteiger partial charge >= 0.3 is 0 Å². The highest BCUT2D eigenvalue weighted by Gasteiger charge is 2.10. The summed E-state index contributed by atoms with van der Waals surface area (Å²) in [6, 6.07) is 7.80. The van der Waals surface area contributed by atoms with Crippen molar-refractivity contribution in [2.45, 2.75) is 0 Å². The highest BCUT2D eigenvalue weighted by Crippen LogP contribution is 2.32. The molecule has 1 aromatic heterocycles. The van der Waals surface area contributed by atoms with E-state index in [9.17, 15) is 0 Å². The van der Waals surface area contributed by atoms with E-state index in [2.05, 4.69) is 31.2 Å². The predicted molar refractivity (Wildman–Crippen MR) is 80.1 cm³/mol. The summed E-state index contributed by atoms with van der Waals surface area (Å²) in [6.45, 7) is 0. The van der Waals surface area contributed by atoms with Crippen molar-refractivity contribution in [3.8, 4) is 11.6 Å². The number of ether oxygens (including phenoxy) is 1. The monoisotopic (exact) mass is 322 g/mol. The maximum atomic E-state index is 5.78. The quantitative estimate of drug-likeness (QED) is 0.937. The van der Waals surface area contributed by atoms with Crippen LogP contribution in [0.15, 0.2) is 35.1 Å². The van der Waals surface area contributed by atoms with Crippen LogP contribution in [0.3, 0.4) is 0 Å². The lowest BCUT2D eigenvalue weighted by Gasteiger charge is -2.14. The summed E-state index contributed by atoms with van der Waals surface area (Å²) < 4.78 is 6.48. The third-order valence-corrected chi connectivity index (χ3v) is 3.26. The molecule has 0 saturated heterocycles. The molecular weight excluding hydrogens is 308 g/mol. The van der Waals surface area contributed by atoms with Crippen molar-refractivity contribution in [1.82, 2.24) is 9.97 Å². The molecule has 0 aliphatic heterocycles. The minimum atomic E-state index is 0.482. The van der Waals surface area contributed by atoms with E-state index in [1.165, 1.54) is 6.33 Å². The van der Waals surface area contributed by atoms with E-state index < -0.39 is 0 Å². The van der Waals surface area contributed by atoms with E-state index >= 15 is 0 Å². The molecule has 1 heterocycles. The van der Waals surface area contributed by atoms with Crippen molar-refractivity contribution in [2.75, 3.05) is 31.4 Å². The number of anilines is 2. The lowest BCUT2D eigenvalue weighted by Crippen LogP contribution is -2.08. The Morgan fingerprint density at radius 3 is 2.74 bits per heavy atom. The van der Waals surface area contributed by atoms with Gasteiger partial charge < -0.3 is 15.0 Å². The number of hydrogen-bond donors (Lipinski definition) is 1. The second-order valence-electron chi connectivity index (χ2n) is 4.09. The van der Waals surface area contributed by atoms with E-state index in [1.54, 1.807) is 7.05 Å². The third kappa shape index (κ3) is 3.14. The fourth-order valence-corrected chi connectivity index (χ4v) is 2.02. The van der Waals surface area contributed by atoms with Crippen LogP contribution in [0.1, 0.15) is 0 Å². The maximum Gasteiger partial charge on any atom is 0.238 e. The summed E-state index contributed by atoms with van der Waals surface area (Å²) in [4.78, 5) is 10.2. The third-order valence-electron chi connectivity index (χ3n) is 2.54. The van der Waals surface area contributed by atoms with Gasteiger partial charge in [0.1, 0.15) is 22.4 Å². The van der Waals surface area contributed by atoms with Gasteiger partial charge in [-0.1, -0.05) is 6.07 Å². The van der Waals surface area contributed by atoms with Crippen molar-refractivity contribution in [3.63, 3.8) is 0 Å². The van der Waals surface area contributed by atoms with Gasteiger partial charge in [0, 0.05) is 32.9 Å². The van der Waals surface area contributed by atoms with Gasteiger partial charge in [0.15, 0.2) is 0 Å². The lowest BCUT2D eigenvalue weighted by molar-refractivity contribution is 0.458. The standard InChI is InChI=1S/C13H15BrN4O/c1-15-12-11(14)13(17-8-16-12)19-10-6-4-5-9(7-10)18(2)3/h4-8H,1-3H3,(H,15,16,17). The first kappa shape index (κ1) is 13.6. The zero-order chi connectivity index (χ0) is 13.8. The summed E-state index contributed by atoms with van der Waals surface area (Å²) in [6.07, 6.45) is 1.46. The van der Waals surface area contributed by atoms with Gasteiger partial charge in [0.25, 0.3) is 0 Å². The molecule has 6 heteroatoms. The Balaban J connectivity index is 2.28. The van der Waals surface area contributed by atoms with Crippen molar-refractivity contribution >= 4 is 27.4 Å². The lowest BCUT2D eigenvalue weighted by atomic mass is 10.3. The minimum Gasteiger partial charge on any atom is -0.438 e. The molecule has 0 unspecified atom stereocenters. The number of halogens is 1. The Morgan fingerprint density at radius 2 is 2.05 bits per heavy atom. The van der Waals surface area contributed by atoms with Crippen molar-refractivity contribution < 1.29 is 4.74 Å². The van der Waals surface area contributed by atoms with Crippen LogP contribution in [0.25, 0.3) is 0 Å². The van der Waals surface area contributed by atoms with Crippen LogP contribution < -0.4 is 15.0 Å². The minimum absolute atomic E-state index is 0.482. The molecule has 0 aliphatic carbocycles. The van der Waals surface area contributed by atoms with Gasteiger partial charge in [-0.05, 0) is 28.1 Å². The Kier molecular flexibility index (Phi) is 4.21. The molecule has 0 saturated carbocycles. The smallest absolute Gasteiger partial charge is 0.238 e. The molecule has 0 amide bonds. The van der Waals surface area contributed by atoms with E-state index in [0.29, 0.717) is 16.2 Å². The molecule has 100 valence electrons. The average Bonchev–Trinajstić information content (AvgIpc) is 2.41. The Hall–Kier alpha value is -1.82. The zero-order valence-corrected chi connectivity index (χ0v) is 12.6. The fraction of sp³-hybridized carbons (Fsp3) is 0.231. The summed E-state index contributed by atoms with van der Waals surface area (Å²) >= 11 is 3.42. The highest BCUT2D eigenvalue weighted by molar-refractivity contribution is 9.10. The first-order valence-corrected chi connectivity index (χ1v) is 6.54. The van der Waals surface area contributed by atoms with E-state index in [1.807, 2.05) is 43.3 Å². The van der Waals surface area contributed by atoms with Crippen molar-refractivity contribution in [1.29, 1.82) is 0 Å². The molecule has 5 nitrogen and oxygen atoms in total. The number of nitrogens with one attached hydrogen (secondary N) is 1. The molecule has 0 bridgehead atoms. The van der Waals surface area contributed by atoms with Crippen LogP contribution in [-0.4, -0.2) is 31.1 Å². The predicted octanol–water partition coefficient (Wildman–Crippen LogP) is 3.14. The van der Waals surface area contributed by atoms with Crippen LogP contribution >= 0.6 is 15.9 Å². The molecule has 2 aromatic rings. The molecule has 0 radical (unpaired) electrons. The number of nitrogens with zero attached hydrogens (tertiary/aromatic N) is 3. The maximum absolute atomic E-state index is 5.78. The fourth-order valence-electron chi connectivity index (χ4n) is 1.54. The van der Waals surface area contributed by atoms with Crippen LogP contribution in [0.4, 0.5) is 11.5 Å². The van der Waals surface area contributed by atoms with Crippen LogP contribution in [0.2, 0.25) is 0 Å². The Bertz CT molecular complexity index is 574. The zero-order valence-electron chi connectivity index (χ0n) is 11.0. The first-order chi connectivity index (χ1) is 9.11. The second-order valence-corrected chi connectivity index (χ2v) is 4.88. The molecule has 0 atom stereocenters. The molecule has 1 N–H and O–H groups in total. The number of benzene rings is 1. The summed E-state index contributed by atoms with van der Waals surface area (Å²) in [5, 5.41) is 2.96. The van der Waals surface area contributed by atoms with Gasteiger partial charge in [0.2, 0.25) is 5.88 Å². The molecule has 0 fully saturated rings. The summed E-state index contributed by atoms with van der Waals surface area (Å²) in [7, 11) is 5.77. The highest BCUT2D eigenvalue weighted by atomic mass is 79.9. The molecule has 1 aromatic carbocycles. The van der Waals surface area contributed by atoms with E-state index in [4.69, 9.17) is 4.74 Å². The Morgan fingerprint density at radius 1 is 1.26 bits per heavy atom. The van der Waals surface area contributed by atoms with E-state index in [-0.39, 0.29) is 0 Å². The number of hydrogen-bond acceptors (Lipinski definition) is 5. The number of rotatable bonds is 4. The SMILES string of the molecule is CNc1ncnc(Oc2cccc(N(C)C)c2)c1Br. The molecule has 19 heavy (non-hydrogen) atoms. The van der Waals surface area contributed by atoms with Gasteiger partial charge in [0.05, 0.1) is 0 Å². The summed E-state index contributed by atoms with van der Waals surface area (Å²) in [5.74, 6) is 1.90. The molecule has 0 aliphatic rings. The van der Waals surface area contributed by atoms with Gasteiger partial charge in [-0.15, -0.1) is 0 Å². The van der Waals surface area contributed by atoms with Gasteiger partial charge in [-0.2, -0.15) is 0 Å². The average molecular weight is 323 g/mol. The number of aromatic nitrogens is 2. The van der Waals surface area contributed by atoms with Crippen LogP contribution in [0, 0.1) is 0 Å². The topological polar surface area (TPSA) is 50.3 Å². The van der Waals surface area contributed by atoms with Crippen LogP contribution in [0.5, 0.6) is 11.6 Å². The molecular formula is C13H15BrN4O. The van der Waals surface area contributed by atoms with Gasteiger partial charge in [-0.3, -0.25) is 0 Å². The van der Waals surface area contributed by atoms with Crippen LogP contribution in [-0.2, 0) is 0 Å². The first-order valence-electron chi connectivity index (χ1n) is 5.75. The van der Waals surface area contributed by atoms with E-state index in [0.717, 1.165) is 11.4 Å². The largest absolute Gasteiger partial charge is 0.438 e. The van der Waals surface area contributed by atoms with Crippen molar-refractivity contribution in [2.24, 2.45) is 0 Å². The molecule has 2 rings (SSSR count). The van der Waals surface area contributed by atoms with Crippen molar-refractivity contribution in [3.05, 3.63) is 35.1 Å². The molecule has 0 spiro atoms. The summed E-state index contributed by atoms with van der Waals surface area (Å²) in [5.41, 5.74) is 1.07. The Labute approximate surface area is 120 Å².